The van der Waals surface area contributed by atoms with E-state index in [1.165, 1.54) is 0 Å². The Hall–Kier alpha value is -3.70. The minimum absolute atomic E-state index is 0.0484. The van der Waals surface area contributed by atoms with Crippen molar-refractivity contribution in [1.29, 1.82) is 0 Å². The topological polar surface area (TPSA) is 69.5 Å². The van der Waals surface area contributed by atoms with E-state index in [1.54, 1.807) is 10.6 Å². The zero-order valence-corrected chi connectivity index (χ0v) is 18.6. The molecule has 2 aliphatic heterocycles. The lowest BCUT2D eigenvalue weighted by Gasteiger charge is -2.30. The van der Waals surface area contributed by atoms with Crippen LogP contribution in [0.5, 0.6) is 17.4 Å². The van der Waals surface area contributed by atoms with E-state index in [0.717, 1.165) is 49.5 Å². The SMILES string of the molecule is O=c1nc(OCc2cc(F)c(Oc3ccnc(C(F)(F)F)c3)c(F)c2)cc2n1C[C@H]1[C@H]3CC[C@@H](C3)N21. The van der Waals surface area contributed by atoms with Crippen molar-refractivity contribution in [3.05, 3.63) is 69.9 Å². The van der Waals surface area contributed by atoms with Crippen LogP contribution in [0.3, 0.4) is 0 Å². The monoisotopic (exact) mass is 506 g/mol. The fourth-order valence-electron chi connectivity index (χ4n) is 5.50. The van der Waals surface area contributed by atoms with Crippen LogP contribution in [0.25, 0.3) is 0 Å². The van der Waals surface area contributed by atoms with Gasteiger partial charge in [0.2, 0.25) is 5.88 Å². The van der Waals surface area contributed by atoms with Gasteiger partial charge in [-0.2, -0.15) is 18.2 Å². The number of hydrogen-bond donors (Lipinski definition) is 0. The molecule has 4 heterocycles. The van der Waals surface area contributed by atoms with Gasteiger partial charge < -0.3 is 14.4 Å². The first-order valence-electron chi connectivity index (χ1n) is 11.4. The number of rotatable bonds is 5. The molecule has 2 fully saturated rings. The summed E-state index contributed by atoms with van der Waals surface area (Å²) in [6.07, 6.45) is -0.551. The van der Waals surface area contributed by atoms with Crippen molar-refractivity contribution in [3.8, 4) is 17.4 Å². The smallest absolute Gasteiger partial charge is 0.433 e. The average molecular weight is 506 g/mol. The number of hydrogen-bond acceptors (Lipinski definition) is 6. The second-order valence-corrected chi connectivity index (χ2v) is 9.20. The fraction of sp³-hybridized carbons (Fsp3) is 0.375. The van der Waals surface area contributed by atoms with Gasteiger partial charge in [0.1, 0.15) is 23.9 Å². The Balaban J connectivity index is 1.19. The summed E-state index contributed by atoms with van der Waals surface area (Å²) in [5, 5.41) is 0. The molecule has 36 heavy (non-hydrogen) atoms. The largest absolute Gasteiger partial charge is 0.473 e. The molecule has 12 heteroatoms. The van der Waals surface area contributed by atoms with Gasteiger partial charge >= 0.3 is 11.9 Å². The van der Waals surface area contributed by atoms with Crippen LogP contribution in [0.1, 0.15) is 30.5 Å². The highest BCUT2D eigenvalue weighted by Gasteiger charge is 2.50. The lowest BCUT2D eigenvalue weighted by Crippen LogP contribution is -2.37. The Labute approximate surface area is 201 Å². The highest BCUT2D eigenvalue weighted by atomic mass is 19.4. The van der Waals surface area contributed by atoms with Crippen molar-refractivity contribution in [3.63, 3.8) is 0 Å². The molecule has 2 aromatic heterocycles. The number of ether oxygens (including phenoxy) is 2. The summed E-state index contributed by atoms with van der Waals surface area (Å²) < 4.78 is 80.0. The Bertz CT molecular complexity index is 1390. The van der Waals surface area contributed by atoms with E-state index >= 15 is 0 Å². The van der Waals surface area contributed by atoms with E-state index in [2.05, 4.69) is 14.9 Å². The maximum atomic E-state index is 14.6. The summed E-state index contributed by atoms with van der Waals surface area (Å²) in [5.41, 5.74) is -1.60. The summed E-state index contributed by atoms with van der Waals surface area (Å²) in [7, 11) is 0. The van der Waals surface area contributed by atoms with Crippen molar-refractivity contribution in [2.75, 3.05) is 4.90 Å². The number of aromatic nitrogens is 3. The molecule has 3 atom stereocenters. The fourth-order valence-corrected chi connectivity index (χ4v) is 5.50. The minimum Gasteiger partial charge on any atom is -0.473 e. The third-order valence-electron chi connectivity index (χ3n) is 7.03. The average Bonchev–Trinajstić information content (AvgIpc) is 3.53. The quantitative estimate of drug-likeness (QED) is 0.469. The van der Waals surface area contributed by atoms with Gasteiger partial charge in [0.15, 0.2) is 17.4 Å². The van der Waals surface area contributed by atoms with E-state index < -0.39 is 40.7 Å². The van der Waals surface area contributed by atoms with Crippen molar-refractivity contribution in [2.45, 2.75) is 50.7 Å². The summed E-state index contributed by atoms with van der Waals surface area (Å²) in [5.74, 6) is -2.17. The molecule has 0 N–H and O–H groups in total. The van der Waals surface area contributed by atoms with Gasteiger partial charge in [-0.15, -0.1) is 0 Å². The zero-order chi connectivity index (χ0) is 25.2. The third kappa shape index (κ3) is 3.84. The maximum Gasteiger partial charge on any atom is 0.433 e. The predicted molar refractivity (Wildman–Crippen MR) is 116 cm³/mol. The lowest BCUT2D eigenvalue weighted by atomic mass is 10.00. The standard InChI is InChI=1S/C24H19F5N4O3/c25-16-5-12(6-17(26)22(16)36-15-3-4-30-19(8-15)24(27,28)29)11-35-20-9-21-32(23(34)31-20)10-18-13-1-2-14(7-13)33(18)21/h3-6,8-9,13-14,18H,1-2,7,10-11H2/t13-,14-,18-/m0/s1. The number of nitrogens with zero attached hydrogens (tertiary/aromatic N) is 4. The molecular formula is C24H19F5N4O3. The predicted octanol–water partition coefficient (Wildman–Crippen LogP) is 4.68. The Morgan fingerprint density at radius 3 is 2.61 bits per heavy atom. The third-order valence-corrected chi connectivity index (χ3v) is 7.03. The first-order chi connectivity index (χ1) is 17.2. The van der Waals surface area contributed by atoms with Gasteiger partial charge in [-0.1, -0.05) is 0 Å². The highest BCUT2D eigenvalue weighted by Crippen LogP contribution is 2.48. The number of anilines is 1. The molecule has 1 aromatic carbocycles. The number of benzene rings is 1. The molecule has 188 valence electrons. The maximum absolute atomic E-state index is 14.6. The normalized spacial score (nSPS) is 22.0. The number of pyridine rings is 1. The summed E-state index contributed by atoms with van der Waals surface area (Å²) in [4.78, 5) is 21.9. The van der Waals surface area contributed by atoms with Crippen LogP contribution in [0, 0.1) is 17.6 Å². The van der Waals surface area contributed by atoms with E-state index in [-0.39, 0.29) is 24.1 Å². The summed E-state index contributed by atoms with van der Waals surface area (Å²) in [6, 6.07) is 5.85. The number of fused-ring (bicyclic) bond motifs is 7. The van der Waals surface area contributed by atoms with Gasteiger partial charge in [0.25, 0.3) is 0 Å². The van der Waals surface area contributed by atoms with Crippen molar-refractivity contribution in [2.24, 2.45) is 5.92 Å². The van der Waals surface area contributed by atoms with Crippen LogP contribution < -0.4 is 20.1 Å². The summed E-state index contributed by atoms with van der Waals surface area (Å²) in [6.45, 7) is 0.315. The minimum atomic E-state index is -4.74. The Morgan fingerprint density at radius 2 is 1.86 bits per heavy atom. The molecule has 1 aliphatic carbocycles. The molecule has 3 aliphatic rings. The van der Waals surface area contributed by atoms with Gasteiger partial charge in [-0.25, -0.2) is 13.6 Å². The molecule has 1 saturated heterocycles. The van der Waals surface area contributed by atoms with Gasteiger partial charge in [-0.05, 0) is 48.9 Å². The van der Waals surface area contributed by atoms with Crippen LogP contribution >= 0.6 is 0 Å². The number of piperidine rings is 1. The van der Waals surface area contributed by atoms with E-state index in [0.29, 0.717) is 24.6 Å². The molecule has 2 bridgehead atoms. The Morgan fingerprint density at radius 1 is 1.08 bits per heavy atom. The molecule has 0 amide bonds. The van der Waals surface area contributed by atoms with Gasteiger partial charge in [-0.3, -0.25) is 9.55 Å². The van der Waals surface area contributed by atoms with E-state index in [1.807, 2.05) is 0 Å². The first-order valence-corrected chi connectivity index (χ1v) is 11.4. The van der Waals surface area contributed by atoms with E-state index in [9.17, 15) is 26.7 Å². The molecule has 6 rings (SSSR count). The summed E-state index contributed by atoms with van der Waals surface area (Å²) >= 11 is 0. The van der Waals surface area contributed by atoms with Crippen LogP contribution in [0.4, 0.5) is 27.8 Å². The van der Waals surface area contributed by atoms with Crippen LogP contribution in [0.2, 0.25) is 0 Å². The van der Waals surface area contributed by atoms with Gasteiger partial charge in [0.05, 0.1) is 6.04 Å². The van der Waals surface area contributed by atoms with Gasteiger partial charge in [0, 0.05) is 30.9 Å². The Kier molecular flexibility index (Phi) is 5.16. The number of alkyl halides is 3. The van der Waals surface area contributed by atoms with E-state index in [4.69, 9.17) is 9.47 Å². The van der Waals surface area contributed by atoms with Crippen LogP contribution in [-0.4, -0.2) is 26.6 Å². The lowest BCUT2D eigenvalue weighted by molar-refractivity contribution is -0.141. The molecular weight excluding hydrogens is 487 g/mol. The van der Waals surface area contributed by atoms with Crippen molar-refractivity contribution in [1.82, 2.24) is 14.5 Å². The molecule has 7 nitrogen and oxygen atoms in total. The molecule has 0 radical (unpaired) electrons. The second-order valence-electron chi connectivity index (χ2n) is 9.20. The van der Waals surface area contributed by atoms with Crippen molar-refractivity contribution < 1.29 is 31.4 Å². The molecule has 0 spiro atoms. The molecule has 3 aromatic rings. The first kappa shape index (κ1) is 22.7. The van der Waals surface area contributed by atoms with Crippen LogP contribution in [0.15, 0.2) is 41.3 Å². The van der Waals surface area contributed by atoms with Crippen LogP contribution in [-0.2, 0) is 19.3 Å². The molecule has 0 unspecified atom stereocenters. The van der Waals surface area contributed by atoms with Crippen molar-refractivity contribution >= 4 is 5.82 Å². The number of halogens is 5. The zero-order valence-electron chi connectivity index (χ0n) is 18.6. The molecule has 1 saturated carbocycles. The second kappa shape index (κ2) is 8.17. The highest BCUT2D eigenvalue weighted by molar-refractivity contribution is 5.51.